The van der Waals surface area contributed by atoms with Crippen LogP contribution >= 0.6 is 11.8 Å². The minimum Gasteiger partial charge on any atom is -0.493 e. The highest BCUT2D eigenvalue weighted by atomic mass is 32.2. The quantitative estimate of drug-likeness (QED) is 0.594. The molecule has 0 aliphatic carbocycles. The number of amides is 1. The van der Waals surface area contributed by atoms with Crippen LogP contribution in [0.5, 0.6) is 17.2 Å². The summed E-state index contributed by atoms with van der Waals surface area (Å²) in [6.07, 6.45) is 0.697. The van der Waals surface area contributed by atoms with Crippen LogP contribution in [0.2, 0.25) is 0 Å². The standard InChI is InChI=1S/C26H30N2O6S/c1-16-15-35-26(27-16,19-7-9-21(32-4)22(13-19)33-5)23(29)28-11-10-17-6-8-20(12-18(17)14-28)34-25(2,3)24(30)31/h6-9,12-13,15,27H,10-11,14H2,1-5H3,(H,30,31). The lowest BCUT2D eigenvalue weighted by Gasteiger charge is -2.37. The number of allylic oxidation sites excluding steroid dienone is 1. The molecule has 2 aromatic rings. The second kappa shape index (κ2) is 9.37. The van der Waals surface area contributed by atoms with Crippen LogP contribution in [0.3, 0.4) is 0 Å². The van der Waals surface area contributed by atoms with Crippen molar-refractivity contribution in [1.29, 1.82) is 0 Å². The molecule has 0 bridgehead atoms. The van der Waals surface area contributed by atoms with Crippen molar-refractivity contribution in [2.75, 3.05) is 20.8 Å². The van der Waals surface area contributed by atoms with E-state index in [2.05, 4.69) is 5.32 Å². The van der Waals surface area contributed by atoms with Gasteiger partial charge in [-0.3, -0.25) is 4.79 Å². The van der Waals surface area contributed by atoms with Crippen molar-refractivity contribution in [3.05, 3.63) is 64.2 Å². The van der Waals surface area contributed by atoms with Crippen LogP contribution in [0, 0.1) is 0 Å². The van der Waals surface area contributed by atoms with Crippen molar-refractivity contribution in [3.63, 3.8) is 0 Å². The molecule has 0 spiro atoms. The van der Waals surface area contributed by atoms with Gasteiger partial charge in [-0.15, -0.1) is 0 Å². The zero-order valence-corrected chi connectivity index (χ0v) is 21.3. The van der Waals surface area contributed by atoms with Crippen LogP contribution in [0.15, 0.2) is 47.5 Å². The van der Waals surface area contributed by atoms with E-state index < -0.39 is 16.4 Å². The van der Waals surface area contributed by atoms with E-state index in [1.54, 1.807) is 26.4 Å². The summed E-state index contributed by atoms with van der Waals surface area (Å²) in [7, 11) is 3.15. The first kappa shape index (κ1) is 24.8. The van der Waals surface area contributed by atoms with Crippen molar-refractivity contribution in [1.82, 2.24) is 10.2 Å². The maximum absolute atomic E-state index is 14.1. The molecule has 8 nitrogen and oxygen atoms in total. The fourth-order valence-electron chi connectivity index (χ4n) is 4.27. The maximum atomic E-state index is 14.1. The van der Waals surface area contributed by atoms with E-state index in [4.69, 9.17) is 14.2 Å². The molecule has 35 heavy (non-hydrogen) atoms. The summed E-state index contributed by atoms with van der Waals surface area (Å²) < 4.78 is 16.6. The molecule has 2 heterocycles. The molecule has 0 aromatic heterocycles. The third kappa shape index (κ3) is 4.65. The third-order valence-electron chi connectivity index (χ3n) is 6.24. The number of ether oxygens (including phenoxy) is 3. The van der Waals surface area contributed by atoms with Crippen LogP contribution in [0.1, 0.15) is 37.5 Å². The van der Waals surface area contributed by atoms with Crippen molar-refractivity contribution in [2.45, 2.75) is 44.2 Å². The predicted molar refractivity (Wildman–Crippen MR) is 134 cm³/mol. The van der Waals surface area contributed by atoms with E-state index in [9.17, 15) is 14.7 Å². The lowest BCUT2D eigenvalue weighted by atomic mass is 9.97. The van der Waals surface area contributed by atoms with Crippen LogP contribution < -0.4 is 19.5 Å². The molecule has 2 aromatic carbocycles. The molecular formula is C26H30N2O6S. The lowest BCUT2D eigenvalue weighted by molar-refractivity contribution is -0.152. The molecule has 2 aliphatic rings. The second-order valence-corrected chi connectivity index (χ2v) is 10.2. The number of aliphatic carboxylic acids is 1. The van der Waals surface area contributed by atoms with Gasteiger partial charge in [-0.2, -0.15) is 0 Å². The Balaban J connectivity index is 1.63. The smallest absolute Gasteiger partial charge is 0.347 e. The fraction of sp³-hybridized carbons (Fsp3) is 0.385. The Hall–Kier alpha value is -3.33. The number of methoxy groups -OCH3 is 2. The molecule has 2 N–H and O–H groups in total. The van der Waals surface area contributed by atoms with Crippen molar-refractivity contribution in [2.24, 2.45) is 0 Å². The first-order valence-corrected chi connectivity index (χ1v) is 12.2. The zero-order valence-electron chi connectivity index (χ0n) is 20.5. The van der Waals surface area contributed by atoms with Crippen molar-refractivity contribution in [3.8, 4) is 17.2 Å². The number of carboxylic acid groups (broad SMARTS) is 1. The van der Waals surface area contributed by atoms with Crippen molar-refractivity contribution >= 4 is 23.6 Å². The highest BCUT2D eigenvalue weighted by Gasteiger charge is 2.47. The van der Waals surface area contributed by atoms with Gasteiger partial charge in [0, 0.05) is 24.4 Å². The predicted octanol–water partition coefficient (Wildman–Crippen LogP) is 3.88. The largest absolute Gasteiger partial charge is 0.493 e. The lowest BCUT2D eigenvalue weighted by Crippen LogP contribution is -2.52. The van der Waals surface area contributed by atoms with Crippen LogP contribution in [0.25, 0.3) is 0 Å². The number of thioether (sulfide) groups is 1. The molecule has 0 fully saturated rings. The molecule has 0 saturated heterocycles. The molecule has 0 radical (unpaired) electrons. The number of carbonyl (C=O) groups excluding carboxylic acids is 1. The molecule has 2 aliphatic heterocycles. The molecule has 0 saturated carbocycles. The molecule has 4 rings (SSSR count). The number of nitrogens with one attached hydrogen (secondary N) is 1. The second-order valence-electron chi connectivity index (χ2n) is 9.12. The molecule has 1 amide bonds. The third-order valence-corrected chi connectivity index (χ3v) is 7.58. The Kier molecular flexibility index (Phi) is 6.64. The first-order valence-electron chi connectivity index (χ1n) is 11.3. The van der Waals surface area contributed by atoms with Crippen LogP contribution in [0.4, 0.5) is 0 Å². The SMILES string of the molecule is COc1ccc(C2(C(=O)N3CCc4ccc(OC(C)(C)C(=O)O)cc4C3)NC(C)=CS2)cc1OC. The van der Waals surface area contributed by atoms with Crippen LogP contribution in [-0.2, 0) is 27.4 Å². The summed E-state index contributed by atoms with van der Waals surface area (Å²) >= 11 is 1.43. The number of carbonyl (C=O) groups is 2. The molecule has 1 atom stereocenters. The number of hydrogen-bond donors (Lipinski definition) is 2. The van der Waals surface area contributed by atoms with E-state index >= 15 is 0 Å². The highest BCUT2D eigenvalue weighted by Crippen LogP contribution is 2.45. The number of hydrogen-bond acceptors (Lipinski definition) is 7. The first-order chi connectivity index (χ1) is 16.6. The van der Waals surface area contributed by atoms with Gasteiger partial charge < -0.3 is 29.5 Å². The van der Waals surface area contributed by atoms with Gasteiger partial charge in [-0.25, -0.2) is 4.79 Å². The van der Waals surface area contributed by atoms with Gasteiger partial charge in [0.2, 0.25) is 0 Å². The molecule has 186 valence electrons. The molecular weight excluding hydrogens is 468 g/mol. The molecule has 1 unspecified atom stereocenters. The number of nitrogens with zero attached hydrogens (tertiary/aromatic N) is 1. The molecule has 9 heteroatoms. The Labute approximate surface area is 209 Å². The number of benzene rings is 2. The van der Waals surface area contributed by atoms with Crippen LogP contribution in [-0.4, -0.2) is 48.2 Å². The number of rotatable bonds is 7. The van der Waals surface area contributed by atoms with E-state index in [1.807, 2.05) is 41.5 Å². The monoisotopic (exact) mass is 498 g/mol. The highest BCUT2D eigenvalue weighted by molar-refractivity contribution is 8.04. The minimum absolute atomic E-state index is 0.0642. The van der Waals surface area contributed by atoms with Gasteiger partial charge in [0.05, 0.1) is 14.2 Å². The van der Waals surface area contributed by atoms with Gasteiger partial charge >= 0.3 is 5.97 Å². The Bertz CT molecular complexity index is 1190. The van der Waals surface area contributed by atoms with E-state index in [0.717, 1.165) is 22.4 Å². The van der Waals surface area contributed by atoms with E-state index in [1.165, 1.54) is 25.6 Å². The fourth-order valence-corrected chi connectivity index (χ4v) is 5.39. The summed E-state index contributed by atoms with van der Waals surface area (Å²) in [5.41, 5.74) is 2.38. The minimum atomic E-state index is -1.36. The summed E-state index contributed by atoms with van der Waals surface area (Å²) in [6, 6.07) is 11.1. The average Bonchev–Trinajstić information content (AvgIpc) is 3.25. The summed E-state index contributed by atoms with van der Waals surface area (Å²) in [5.74, 6) is 0.499. The van der Waals surface area contributed by atoms with Crippen molar-refractivity contribution < 1.29 is 28.9 Å². The zero-order chi connectivity index (χ0) is 25.4. The normalized spacial score (nSPS) is 19.3. The Morgan fingerprint density at radius 3 is 2.46 bits per heavy atom. The topological polar surface area (TPSA) is 97.3 Å². The number of carboxylic acids is 1. The van der Waals surface area contributed by atoms with Gasteiger partial charge in [0.15, 0.2) is 22.0 Å². The number of fused-ring (bicyclic) bond motifs is 1. The maximum Gasteiger partial charge on any atom is 0.347 e. The summed E-state index contributed by atoms with van der Waals surface area (Å²) in [5, 5.41) is 14.7. The van der Waals surface area contributed by atoms with E-state index in [-0.39, 0.29) is 5.91 Å². The average molecular weight is 499 g/mol. The van der Waals surface area contributed by atoms with Gasteiger partial charge in [0.1, 0.15) is 5.75 Å². The van der Waals surface area contributed by atoms with E-state index in [0.29, 0.717) is 36.8 Å². The Morgan fingerprint density at radius 1 is 1.09 bits per heavy atom. The summed E-state index contributed by atoms with van der Waals surface area (Å²) in [4.78, 5) is 26.3. The summed E-state index contributed by atoms with van der Waals surface area (Å²) in [6.45, 7) is 5.92. The van der Waals surface area contributed by atoms with Gasteiger partial charge in [0.25, 0.3) is 5.91 Å². The van der Waals surface area contributed by atoms with Gasteiger partial charge in [-0.05, 0) is 68.0 Å². The van der Waals surface area contributed by atoms with Gasteiger partial charge in [-0.1, -0.05) is 23.9 Å². The Morgan fingerprint density at radius 2 is 1.83 bits per heavy atom.